The minimum Gasteiger partial charge on any atom is -0.491 e. The van der Waals surface area contributed by atoms with E-state index >= 15 is 0 Å². The van der Waals surface area contributed by atoms with Crippen LogP contribution in [0.4, 0.5) is 11.4 Å². The van der Waals surface area contributed by atoms with Crippen LogP contribution in [0, 0.1) is 0 Å². The minimum atomic E-state index is -0.114. The van der Waals surface area contributed by atoms with Crippen molar-refractivity contribution >= 4 is 23.1 Å². The molecule has 1 unspecified atom stereocenters. The molecule has 0 aromatic heterocycles. The monoisotopic (exact) mass is 272 g/mol. The maximum absolute atomic E-state index is 6.06. The second kappa shape index (κ2) is 5.03. The Hall–Kier alpha value is -1.47. The maximum atomic E-state index is 6.06. The van der Waals surface area contributed by atoms with E-state index in [1.807, 2.05) is 0 Å². The fourth-order valence-corrected chi connectivity index (χ4v) is 2.78. The van der Waals surface area contributed by atoms with Crippen LogP contribution in [-0.4, -0.2) is 33.4 Å². The van der Waals surface area contributed by atoms with E-state index in [2.05, 4.69) is 0 Å². The highest BCUT2D eigenvalue weighted by molar-refractivity contribution is 8.00. The molecule has 0 radical (unpaired) electrons. The lowest BCUT2D eigenvalue weighted by Crippen LogP contribution is -2.22. The fourth-order valence-electron chi connectivity index (χ4n) is 1.79. The zero-order valence-corrected chi connectivity index (χ0v) is 11.3. The van der Waals surface area contributed by atoms with E-state index in [0.717, 1.165) is 4.90 Å². The van der Waals surface area contributed by atoms with Crippen LogP contribution >= 0.6 is 11.8 Å². The average molecular weight is 272 g/mol. The Morgan fingerprint density at radius 2 is 1.72 bits per heavy atom. The van der Waals surface area contributed by atoms with Crippen LogP contribution in [0.25, 0.3) is 0 Å². The van der Waals surface area contributed by atoms with Crippen LogP contribution in [0.1, 0.15) is 0 Å². The van der Waals surface area contributed by atoms with Crippen LogP contribution in [0.15, 0.2) is 4.90 Å². The number of rotatable bonds is 3. The van der Waals surface area contributed by atoms with Gasteiger partial charge in [0.25, 0.3) is 0 Å². The van der Waals surface area contributed by atoms with Crippen molar-refractivity contribution in [1.29, 1.82) is 0 Å². The maximum Gasteiger partial charge on any atom is 0.189 e. The van der Waals surface area contributed by atoms with Gasteiger partial charge in [-0.3, -0.25) is 0 Å². The standard InChI is InChI=1S/C11H16N2O4S/c1-14-5-4-17-10-6(12)8(15-2)9(16-3)7(13)11(10)18-5/h5H,4,12-13H2,1-3H3. The molecule has 100 valence electrons. The normalized spacial score (nSPS) is 17.8. The summed E-state index contributed by atoms with van der Waals surface area (Å²) in [7, 11) is 4.64. The summed E-state index contributed by atoms with van der Waals surface area (Å²) in [5.74, 6) is 1.34. The van der Waals surface area contributed by atoms with Crippen molar-refractivity contribution in [3.63, 3.8) is 0 Å². The lowest BCUT2D eigenvalue weighted by molar-refractivity contribution is 0.114. The van der Waals surface area contributed by atoms with Crippen LogP contribution < -0.4 is 25.7 Å². The van der Waals surface area contributed by atoms with Gasteiger partial charge in [0.2, 0.25) is 0 Å². The Bertz CT molecular complexity index is 467. The van der Waals surface area contributed by atoms with E-state index in [9.17, 15) is 0 Å². The zero-order valence-electron chi connectivity index (χ0n) is 10.5. The number of methoxy groups -OCH3 is 3. The second-order valence-corrected chi connectivity index (χ2v) is 4.82. The summed E-state index contributed by atoms with van der Waals surface area (Å²) in [4.78, 5) is 0.725. The van der Waals surface area contributed by atoms with Crippen molar-refractivity contribution in [3.8, 4) is 17.2 Å². The van der Waals surface area contributed by atoms with Crippen molar-refractivity contribution in [3.05, 3.63) is 0 Å². The zero-order chi connectivity index (χ0) is 13.3. The molecule has 6 nitrogen and oxygen atoms in total. The van der Waals surface area contributed by atoms with Gasteiger partial charge in [-0.2, -0.15) is 0 Å². The molecule has 1 aliphatic rings. The van der Waals surface area contributed by atoms with Crippen LogP contribution in [-0.2, 0) is 4.74 Å². The SMILES string of the molecule is COc1c(N)c2c(c(N)c1OC)SC(OC)CO2. The summed E-state index contributed by atoms with van der Waals surface area (Å²) < 4.78 is 21.3. The highest BCUT2D eigenvalue weighted by Crippen LogP contribution is 2.54. The van der Waals surface area contributed by atoms with E-state index in [-0.39, 0.29) is 5.44 Å². The quantitative estimate of drug-likeness (QED) is 0.802. The molecule has 1 atom stereocenters. The van der Waals surface area contributed by atoms with Gasteiger partial charge in [0, 0.05) is 7.11 Å². The molecule has 0 bridgehead atoms. The van der Waals surface area contributed by atoms with Crippen molar-refractivity contribution in [2.24, 2.45) is 0 Å². The first kappa shape index (κ1) is 13.0. The van der Waals surface area contributed by atoms with E-state index in [4.69, 9.17) is 30.4 Å². The lowest BCUT2D eigenvalue weighted by Gasteiger charge is -2.27. The van der Waals surface area contributed by atoms with Gasteiger partial charge in [-0.05, 0) is 0 Å². The highest BCUT2D eigenvalue weighted by Gasteiger charge is 2.30. The molecule has 0 aliphatic carbocycles. The third-order valence-corrected chi connectivity index (χ3v) is 3.91. The van der Waals surface area contributed by atoms with E-state index in [1.165, 1.54) is 26.0 Å². The summed E-state index contributed by atoms with van der Waals surface area (Å²) in [6.45, 7) is 0.410. The molecule has 4 N–H and O–H groups in total. The summed E-state index contributed by atoms with van der Waals surface area (Å²) in [6.07, 6.45) is 0. The van der Waals surface area contributed by atoms with Crippen molar-refractivity contribution < 1.29 is 18.9 Å². The minimum absolute atomic E-state index is 0.114. The van der Waals surface area contributed by atoms with Crippen molar-refractivity contribution in [1.82, 2.24) is 0 Å². The number of nitrogen functional groups attached to an aromatic ring is 2. The number of fused-ring (bicyclic) bond motifs is 1. The highest BCUT2D eigenvalue weighted by atomic mass is 32.2. The number of hydrogen-bond donors (Lipinski definition) is 2. The van der Waals surface area contributed by atoms with Crippen LogP contribution in [0.3, 0.4) is 0 Å². The predicted molar refractivity (Wildman–Crippen MR) is 70.5 cm³/mol. The Kier molecular flexibility index (Phi) is 3.63. The molecule has 0 spiro atoms. The molecule has 1 heterocycles. The summed E-state index contributed by atoms with van der Waals surface area (Å²) >= 11 is 1.46. The molecule has 7 heteroatoms. The number of thioether (sulfide) groups is 1. The number of benzene rings is 1. The fraction of sp³-hybridized carbons (Fsp3) is 0.455. The number of hydrogen-bond acceptors (Lipinski definition) is 7. The predicted octanol–water partition coefficient (Wildman–Crippen LogP) is 1.33. The average Bonchev–Trinajstić information content (AvgIpc) is 2.41. The van der Waals surface area contributed by atoms with Gasteiger partial charge in [0.15, 0.2) is 17.2 Å². The molecule has 2 rings (SSSR count). The van der Waals surface area contributed by atoms with E-state index < -0.39 is 0 Å². The van der Waals surface area contributed by atoms with Crippen LogP contribution in [0.2, 0.25) is 0 Å². The summed E-state index contributed by atoms with van der Waals surface area (Å²) in [5, 5.41) is 0. The van der Waals surface area contributed by atoms with Gasteiger partial charge in [0.05, 0.1) is 24.8 Å². The first-order valence-electron chi connectivity index (χ1n) is 5.29. The van der Waals surface area contributed by atoms with Gasteiger partial charge >= 0.3 is 0 Å². The topological polar surface area (TPSA) is 89.0 Å². The number of ether oxygens (including phenoxy) is 4. The number of nitrogens with two attached hydrogens (primary N) is 2. The van der Waals surface area contributed by atoms with Gasteiger partial charge in [0.1, 0.15) is 17.7 Å². The second-order valence-electron chi connectivity index (χ2n) is 3.65. The molecular formula is C11H16N2O4S. The molecule has 18 heavy (non-hydrogen) atoms. The number of anilines is 2. The third kappa shape index (κ3) is 1.89. The van der Waals surface area contributed by atoms with Gasteiger partial charge in [-0.25, -0.2) is 0 Å². The lowest BCUT2D eigenvalue weighted by atomic mass is 10.2. The van der Waals surface area contributed by atoms with Crippen molar-refractivity contribution in [2.75, 3.05) is 39.4 Å². The smallest absolute Gasteiger partial charge is 0.189 e. The van der Waals surface area contributed by atoms with Gasteiger partial charge in [-0.15, -0.1) is 0 Å². The molecule has 0 fully saturated rings. The van der Waals surface area contributed by atoms with E-state index in [1.54, 1.807) is 7.11 Å². The van der Waals surface area contributed by atoms with Gasteiger partial charge in [-0.1, -0.05) is 11.8 Å². The third-order valence-electron chi connectivity index (χ3n) is 2.68. The first-order valence-corrected chi connectivity index (χ1v) is 6.17. The molecular weight excluding hydrogens is 256 g/mol. The Morgan fingerprint density at radius 3 is 2.28 bits per heavy atom. The molecule has 0 saturated heterocycles. The Labute approximate surface area is 110 Å². The van der Waals surface area contributed by atoms with Gasteiger partial charge < -0.3 is 30.4 Å². The Balaban J connectivity index is 2.58. The largest absolute Gasteiger partial charge is 0.491 e. The first-order chi connectivity index (χ1) is 8.63. The Morgan fingerprint density at radius 1 is 1.11 bits per heavy atom. The molecule has 1 aromatic carbocycles. The molecule has 1 aliphatic heterocycles. The molecule has 0 saturated carbocycles. The molecule has 1 aromatic rings. The summed E-state index contributed by atoms with van der Waals surface area (Å²) in [5.41, 5.74) is 12.8. The van der Waals surface area contributed by atoms with Crippen molar-refractivity contribution in [2.45, 2.75) is 10.3 Å². The van der Waals surface area contributed by atoms with Crippen LogP contribution in [0.5, 0.6) is 17.2 Å². The molecule has 0 amide bonds. The van der Waals surface area contributed by atoms with E-state index in [0.29, 0.717) is 35.2 Å². The summed E-state index contributed by atoms with van der Waals surface area (Å²) in [6, 6.07) is 0.